The summed E-state index contributed by atoms with van der Waals surface area (Å²) in [5.74, 6) is 3.45. The van der Waals surface area contributed by atoms with Crippen LogP contribution in [0.4, 0.5) is 8.78 Å². The standard InChI is InChI=1S/C25H18F2N4O/c1-16-5-11-21-22(14-17-6-8-18(9-7-17)25(2,26)27)30-32-24(21)20(16)12-10-19-15-28-23-4-3-13-29-31(19)23/h3-9,11,13,15H,14H2,1-2H3. The van der Waals surface area contributed by atoms with Crippen LogP contribution in [0.15, 0.2) is 65.4 Å². The van der Waals surface area contributed by atoms with Gasteiger partial charge in [-0.25, -0.2) is 18.3 Å². The number of hydrogen-bond donors (Lipinski definition) is 0. The fourth-order valence-corrected chi connectivity index (χ4v) is 3.59. The number of fused-ring (bicyclic) bond motifs is 2. The van der Waals surface area contributed by atoms with Gasteiger partial charge >= 0.3 is 0 Å². The van der Waals surface area contributed by atoms with Crippen molar-refractivity contribution in [2.24, 2.45) is 0 Å². The molecule has 0 fully saturated rings. The lowest BCUT2D eigenvalue weighted by Crippen LogP contribution is -2.06. The quantitative estimate of drug-likeness (QED) is 0.367. The molecule has 0 radical (unpaired) electrons. The molecule has 0 amide bonds. The molecule has 32 heavy (non-hydrogen) atoms. The van der Waals surface area contributed by atoms with E-state index in [0.29, 0.717) is 17.7 Å². The molecule has 5 aromatic rings. The molecule has 0 saturated heterocycles. The van der Waals surface area contributed by atoms with E-state index in [-0.39, 0.29) is 5.56 Å². The summed E-state index contributed by atoms with van der Waals surface area (Å²) in [7, 11) is 0. The first-order valence-corrected chi connectivity index (χ1v) is 10.1. The topological polar surface area (TPSA) is 56.2 Å². The maximum atomic E-state index is 13.5. The minimum atomic E-state index is -2.86. The van der Waals surface area contributed by atoms with Gasteiger partial charge in [0.05, 0.1) is 17.5 Å². The fraction of sp³-hybridized carbons (Fsp3) is 0.160. The maximum Gasteiger partial charge on any atom is 0.270 e. The van der Waals surface area contributed by atoms with E-state index in [2.05, 4.69) is 27.1 Å². The number of halogens is 2. The lowest BCUT2D eigenvalue weighted by molar-refractivity contribution is 0.0174. The molecular formula is C25H18F2N4O. The fourth-order valence-electron chi connectivity index (χ4n) is 3.59. The zero-order chi connectivity index (χ0) is 22.3. The van der Waals surface area contributed by atoms with E-state index < -0.39 is 5.92 Å². The highest BCUT2D eigenvalue weighted by atomic mass is 19.3. The Kier molecular flexibility index (Phi) is 4.71. The molecule has 0 aliphatic rings. The second-order valence-corrected chi connectivity index (χ2v) is 7.71. The normalized spacial score (nSPS) is 11.6. The number of rotatable bonds is 3. The summed E-state index contributed by atoms with van der Waals surface area (Å²) in [5.41, 5.74) is 5.29. The molecule has 5 nitrogen and oxygen atoms in total. The van der Waals surface area contributed by atoms with E-state index in [4.69, 9.17) is 4.52 Å². The third kappa shape index (κ3) is 3.60. The van der Waals surface area contributed by atoms with Crippen molar-refractivity contribution in [2.45, 2.75) is 26.2 Å². The molecule has 3 heterocycles. The Morgan fingerprint density at radius 2 is 1.88 bits per heavy atom. The van der Waals surface area contributed by atoms with E-state index >= 15 is 0 Å². The first-order chi connectivity index (χ1) is 15.4. The molecule has 3 aromatic heterocycles. The average molecular weight is 428 g/mol. The second-order valence-electron chi connectivity index (χ2n) is 7.71. The molecule has 0 spiro atoms. The van der Waals surface area contributed by atoms with Gasteiger partial charge in [-0.2, -0.15) is 5.10 Å². The van der Waals surface area contributed by atoms with Crippen LogP contribution in [0.25, 0.3) is 16.6 Å². The van der Waals surface area contributed by atoms with Crippen LogP contribution in [-0.4, -0.2) is 19.8 Å². The van der Waals surface area contributed by atoms with Gasteiger partial charge in [-0.1, -0.05) is 41.4 Å². The molecule has 2 aromatic carbocycles. The summed E-state index contributed by atoms with van der Waals surface area (Å²) >= 11 is 0. The zero-order valence-electron chi connectivity index (χ0n) is 17.4. The Balaban J connectivity index is 1.50. The zero-order valence-corrected chi connectivity index (χ0v) is 17.4. The van der Waals surface area contributed by atoms with E-state index in [1.165, 1.54) is 12.1 Å². The molecule has 0 unspecified atom stereocenters. The Morgan fingerprint density at radius 3 is 2.66 bits per heavy atom. The molecular weight excluding hydrogens is 410 g/mol. The number of aryl methyl sites for hydroxylation is 1. The van der Waals surface area contributed by atoms with Gasteiger partial charge in [0.1, 0.15) is 5.69 Å². The number of alkyl halides is 2. The summed E-state index contributed by atoms with van der Waals surface area (Å²) in [6, 6.07) is 13.9. The van der Waals surface area contributed by atoms with Crippen LogP contribution < -0.4 is 0 Å². The first kappa shape index (κ1) is 19.9. The highest BCUT2D eigenvalue weighted by Crippen LogP contribution is 2.29. The van der Waals surface area contributed by atoms with Crippen LogP contribution in [0.5, 0.6) is 0 Å². The smallest absolute Gasteiger partial charge is 0.270 e. The van der Waals surface area contributed by atoms with Gasteiger partial charge in [0.15, 0.2) is 11.2 Å². The largest absolute Gasteiger partial charge is 0.355 e. The average Bonchev–Trinajstić information content (AvgIpc) is 3.37. The van der Waals surface area contributed by atoms with E-state index in [1.54, 1.807) is 29.0 Å². The summed E-state index contributed by atoms with van der Waals surface area (Å²) in [6.45, 7) is 2.85. The van der Waals surface area contributed by atoms with Crippen LogP contribution in [0.1, 0.15) is 40.6 Å². The predicted octanol–water partition coefficient (Wildman–Crippen LogP) is 5.28. The summed E-state index contributed by atoms with van der Waals surface area (Å²) in [6.07, 6.45) is 3.83. The molecule has 0 aliphatic carbocycles. The Morgan fingerprint density at radius 1 is 1.06 bits per heavy atom. The Hall–Kier alpha value is -4.05. The number of imidazole rings is 1. The number of hydrogen-bond acceptors (Lipinski definition) is 4. The van der Waals surface area contributed by atoms with E-state index in [0.717, 1.165) is 40.3 Å². The van der Waals surface area contributed by atoms with E-state index in [1.807, 2.05) is 31.2 Å². The van der Waals surface area contributed by atoms with Gasteiger partial charge in [-0.3, -0.25) is 0 Å². The van der Waals surface area contributed by atoms with Crippen LogP contribution in [0.3, 0.4) is 0 Å². The van der Waals surface area contributed by atoms with Crippen molar-refractivity contribution in [2.75, 3.05) is 0 Å². The van der Waals surface area contributed by atoms with Crippen LogP contribution in [0, 0.1) is 18.8 Å². The second kappa shape index (κ2) is 7.57. The van der Waals surface area contributed by atoms with Gasteiger partial charge in [0, 0.05) is 30.5 Å². The lowest BCUT2D eigenvalue weighted by Gasteiger charge is -2.10. The van der Waals surface area contributed by atoms with Gasteiger partial charge in [-0.15, -0.1) is 0 Å². The van der Waals surface area contributed by atoms with Crippen molar-refractivity contribution < 1.29 is 13.3 Å². The van der Waals surface area contributed by atoms with Crippen molar-refractivity contribution in [3.8, 4) is 11.8 Å². The van der Waals surface area contributed by atoms with Gasteiger partial charge in [-0.05, 0) is 42.2 Å². The molecule has 0 bridgehead atoms. The molecule has 0 atom stereocenters. The molecule has 158 valence electrons. The van der Waals surface area contributed by atoms with Gasteiger partial charge < -0.3 is 4.52 Å². The van der Waals surface area contributed by atoms with Crippen molar-refractivity contribution in [1.82, 2.24) is 19.8 Å². The third-order valence-electron chi connectivity index (χ3n) is 5.35. The monoisotopic (exact) mass is 428 g/mol. The van der Waals surface area contributed by atoms with E-state index in [9.17, 15) is 8.78 Å². The minimum Gasteiger partial charge on any atom is -0.355 e. The van der Waals surface area contributed by atoms with Crippen molar-refractivity contribution in [3.05, 3.63) is 94.6 Å². The first-order valence-electron chi connectivity index (χ1n) is 10.1. The van der Waals surface area contributed by atoms with Gasteiger partial charge in [0.2, 0.25) is 0 Å². The molecule has 5 rings (SSSR count). The highest BCUT2D eigenvalue weighted by Gasteiger charge is 2.23. The number of benzene rings is 2. The van der Waals surface area contributed by atoms with Crippen LogP contribution in [0.2, 0.25) is 0 Å². The summed E-state index contributed by atoms with van der Waals surface area (Å²) < 4.78 is 34.3. The Bertz CT molecular complexity index is 1500. The summed E-state index contributed by atoms with van der Waals surface area (Å²) in [5, 5.41) is 9.37. The molecule has 7 heteroatoms. The molecule has 0 N–H and O–H groups in total. The van der Waals surface area contributed by atoms with Crippen molar-refractivity contribution >= 4 is 16.6 Å². The molecule has 0 aliphatic heterocycles. The summed E-state index contributed by atoms with van der Waals surface area (Å²) in [4.78, 5) is 4.30. The van der Waals surface area contributed by atoms with Crippen molar-refractivity contribution in [1.29, 1.82) is 0 Å². The predicted molar refractivity (Wildman–Crippen MR) is 117 cm³/mol. The third-order valence-corrected chi connectivity index (χ3v) is 5.35. The Labute approximate surface area is 182 Å². The SMILES string of the molecule is Cc1ccc2c(Cc3ccc(C(C)(F)F)cc3)noc2c1C#Cc1cnc2cccnn12. The van der Waals surface area contributed by atoms with Crippen LogP contribution >= 0.6 is 0 Å². The molecule has 0 saturated carbocycles. The number of aromatic nitrogens is 4. The van der Waals surface area contributed by atoms with Crippen molar-refractivity contribution in [3.63, 3.8) is 0 Å². The minimum absolute atomic E-state index is 0.0127. The highest BCUT2D eigenvalue weighted by molar-refractivity contribution is 5.86. The maximum absolute atomic E-state index is 13.5. The van der Waals surface area contributed by atoms with Gasteiger partial charge in [0.25, 0.3) is 5.92 Å². The number of nitrogens with zero attached hydrogens (tertiary/aromatic N) is 4. The van der Waals surface area contributed by atoms with Crippen LogP contribution in [-0.2, 0) is 12.3 Å². The lowest BCUT2D eigenvalue weighted by atomic mass is 10.0.